The molecule has 5 heteroatoms. The average Bonchev–Trinajstić information content (AvgIpc) is 3.03. The van der Waals surface area contributed by atoms with E-state index >= 15 is 0 Å². The van der Waals surface area contributed by atoms with E-state index in [9.17, 15) is 9.59 Å². The van der Waals surface area contributed by atoms with Gasteiger partial charge in [0.2, 0.25) is 5.91 Å². The quantitative estimate of drug-likeness (QED) is 0.820. The van der Waals surface area contributed by atoms with Gasteiger partial charge in [-0.1, -0.05) is 15.9 Å². The van der Waals surface area contributed by atoms with Crippen LogP contribution in [0.3, 0.4) is 0 Å². The van der Waals surface area contributed by atoms with E-state index in [2.05, 4.69) is 21.2 Å². The summed E-state index contributed by atoms with van der Waals surface area (Å²) in [4.78, 5) is 24.8. The summed E-state index contributed by atoms with van der Waals surface area (Å²) in [6.07, 6.45) is 1.88. The van der Waals surface area contributed by atoms with E-state index in [1.807, 2.05) is 26.0 Å². The van der Waals surface area contributed by atoms with E-state index < -0.39 is 0 Å². The molecule has 4 nitrogen and oxygen atoms in total. The summed E-state index contributed by atoms with van der Waals surface area (Å²) in [5.41, 5.74) is 2.91. The molecule has 3 aliphatic rings. The van der Waals surface area contributed by atoms with Crippen LogP contribution < -0.4 is 5.32 Å². The number of carbonyl (C=O) groups is 2. The number of hydrogen-bond acceptors (Lipinski definition) is 3. The fourth-order valence-electron chi connectivity index (χ4n) is 4.68. The number of aryl methyl sites for hydroxylation is 2. The van der Waals surface area contributed by atoms with Gasteiger partial charge in [0, 0.05) is 16.1 Å². The minimum absolute atomic E-state index is 0.0247. The molecule has 0 spiro atoms. The maximum absolute atomic E-state index is 12.8. The first-order chi connectivity index (χ1) is 10.5. The minimum Gasteiger partial charge on any atom is -0.462 e. The predicted octanol–water partition coefficient (Wildman–Crippen LogP) is 3.20. The van der Waals surface area contributed by atoms with Crippen LogP contribution in [0.15, 0.2) is 16.6 Å². The van der Waals surface area contributed by atoms with Crippen LogP contribution in [0.1, 0.15) is 24.0 Å². The first-order valence-corrected chi connectivity index (χ1v) is 8.53. The van der Waals surface area contributed by atoms with Gasteiger partial charge in [-0.15, -0.1) is 0 Å². The Kier molecular flexibility index (Phi) is 3.12. The van der Waals surface area contributed by atoms with Crippen molar-refractivity contribution in [3.05, 3.63) is 27.7 Å². The fourth-order valence-corrected chi connectivity index (χ4v) is 5.36. The SMILES string of the molecule is Cc1cc(Br)cc(C)c1NC(=O)[C@@H]1[C@@H]2C[C@H]3[C@@H]1C(=O)O[C@@H]3C2. The van der Waals surface area contributed by atoms with Crippen molar-refractivity contribution >= 4 is 33.5 Å². The molecule has 3 fully saturated rings. The van der Waals surface area contributed by atoms with Crippen LogP contribution in [-0.4, -0.2) is 18.0 Å². The lowest BCUT2D eigenvalue weighted by atomic mass is 9.79. The van der Waals surface area contributed by atoms with Gasteiger partial charge in [0.15, 0.2) is 0 Å². The maximum atomic E-state index is 12.8. The number of ether oxygens (including phenoxy) is 1. The molecule has 2 bridgehead atoms. The second kappa shape index (κ2) is 4.82. The molecule has 0 unspecified atom stereocenters. The Morgan fingerprint density at radius 1 is 1.27 bits per heavy atom. The number of anilines is 1. The molecule has 5 atom stereocenters. The molecule has 0 radical (unpaired) electrons. The highest BCUT2D eigenvalue weighted by molar-refractivity contribution is 9.10. The van der Waals surface area contributed by atoms with Crippen molar-refractivity contribution in [2.75, 3.05) is 5.32 Å². The van der Waals surface area contributed by atoms with Crippen molar-refractivity contribution in [1.82, 2.24) is 0 Å². The van der Waals surface area contributed by atoms with Crippen molar-refractivity contribution in [3.8, 4) is 0 Å². The van der Waals surface area contributed by atoms with Gasteiger partial charge in [-0.2, -0.15) is 0 Å². The van der Waals surface area contributed by atoms with Crippen molar-refractivity contribution in [2.24, 2.45) is 23.7 Å². The molecule has 4 rings (SSSR count). The Hall–Kier alpha value is -1.36. The lowest BCUT2D eigenvalue weighted by Crippen LogP contribution is -2.36. The predicted molar refractivity (Wildman–Crippen MR) is 85.3 cm³/mol. The number of benzene rings is 1. The molecule has 1 amide bonds. The Bertz CT molecular complexity index is 661. The van der Waals surface area contributed by atoms with Gasteiger partial charge in [0.25, 0.3) is 0 Å². The van der Waals surface area contributed by atoms with Crippen LogP contribution in [0.25, 0.3) is 0 Å². The second-order valence-corrected chi connectivity index (χ2v) is 7.74. The van der Waals surface area contributed by atoms with Gasteiger partial charge in [0.05, 0.1) is 11.8 Å². The molecule has 2 saturated carbocycles. The van der Waals surface area contributed by atoms with Crippen LogP contribution in [0, 0.1) is 37.5 Å². The Balaban J connectivity index is 1.60. The Labute approximate surface area is 137 Å². The van der Waals surface area contributed by atoms with Gasteiger partial charge < -0.3 is 10.1 Å². The van der Waals surface area contributed by atoms with Crippen molar-refractivity contribution in [3.63, 3.8) is 0 Å². The van der Waals surface area contributed by atoms with Gasteiger partial charge in [-0.05, 0) is 55.9 Å². The summed E-state index contributed by atoms with van der Waals surface area (Å²) < 4.78 is 6.41. The molecule has 1 aromatic rings. The van der Waals surface area contributed by atoms with E-state index in [4.69, 9.17) is 4.74 Å². The summed E-state index contributed by atoms with van der Waals surface area (Å²) in [7, 11) is 0. The molecule has 22 heavy (non-hydrogen) atoms. The fraction of sp³-hybridized carbons (Fsp3) is 0.529. The summed E-state index contributed by atoms with van der Waals surface area (Å²) in [6.45, 7) is 3.96. The minimum atomic E-state index is -0.223. The zero-order chi connectivity index (χ0) is 15.6. The number of hydrogen-bond donors (Lipinski definition) is 1. The number of esters is 1. The summed E-state index contributed by atoms with van der Waals surface area (Å²) in [5.74, 6) is -0.0795. The number of rotatable bonds is 2. The van der Waals surface area contributed by atoms with E-state index in [1.165, 1.54) is 0 Å². The molecule has 1 aliphatic heterocycles. The Morgan fingerprint density at radius 2 is 1.95 bits per heavy atom. The molecular formula is C17H18BrNO3. The monoisotopic (exact) mass is 363 g/mol. The number of halogens is 1. The molecule has 1 heterocycles. The van der Waals surface area contributed by atoms with Crippen LogP contribution >= 0.6 is 15.9 Å². The Morgan fingerprint density at radius 3 is 2.64 bits per heavy atom. The highest BCUT2D eigenvalue weighted by Crippen LogP contribution is 2.57. The number of fused-ring (bicyclic) bond motifs is 1. The first-order valence-electron chi connectivity index (χ1n) is 7.74. The van der Waals surface area contributed by atoms with Crippen LogP contribution in [-0.2, 0) is 14.3 Å². The zero-order valence-electron chi connectivity index (χ0n) is 12.6. The summed E-state index contributed by atoms with van der Waals surface area (Å²) >= 11 is 3.47. The zero-order valence-corrected chi connectivity index (χ0v) is 14.1. The molecule has 1 N–H and O–H groups in total. The molecule has 116 valence electrons. The van der Waals surface area contributed by atoms with Gasteiger partial charge >= 0.3 is 5.97 Å². The molecule has 1 aromatic carbocycles. The van der Waals surface area contributed by atoms with Gasteiger partial charge in [-0.25, -0.2) is 0 Å². The smallest absolute Gasteiger partial charge is 0.310 e. The van der Waals surface area contributed by atoms with Crippen molar-refractivity contribution in [1.29, 1.82) is 0 Å². The standard InChI is InChI=1S/C17H18BrNO3/c1-7-3-10(18)4-8(2)15(7)19-16(20)13-9-5-11-12(6-9)22-17(21)14(11)13/h3-4,9,11-14H,5-6H2,1-2H3,(H,19,20)/t9-,11-,12-,13-,14+/m1/s1. The molecular weight excluding hydrogens is 346 g/mol. The molecule has 0 aromatic heterocycles. The highest BCUT2D eigenvalue weighted by Gasteiger charge is 2.63. The topological polar surface area (TPSA) is 55.4 Å². The normalized spacial score (nSPS) is 34.9. The third kappa shape index (κ3) is 1.94. The number of amides is 1. The van der Waals surface area contributed by atoms with Crippen molar-refractivity contribution < 1.29 is 14.3 Å². The number of nitrogens with one attached hydrogen (secondary N) is 1. The first kappa shape index (κ1) is 14.2. The van der Waals surface area contributed by atoms with Crippen molar-refractivity contribution in [2.45, 2.75) is 32.8 Å². The van der Waals surface area contributed by atoms with Gasteiger partial charge in [-0.3, -0.25) is 9.59 Å². The van der Waals surface area contributed by atoms with E-state index in [0.29, 0.717) is 5.92 Å². The van der Waals surface area contributed by atoms with Crippen LogP contribution in [0.2, 0.25) is 0 Å². The third-order valence-electron chi connectivity index (χ3n) is 5.53. The third-order valence-corrected chi connectivity index (χ3v) is 5.99. The van der Waals surface area contributed by atoms with E-state index in [0.717, 1.165) is 34.1 Å². The maximum Gasteiger partial charge on any atom is 0.310 e. The lowest BCUT2D eigenvalue weighted by molar-refractivity contribution is -0.145. The van der Waals surface area contributed by atoms with Crippen LogP contribution in [0.5, 0.6) is 0 Å². The molecule has 1 saturated heterocycles. The highest BCUT2D eigenvalue weighted by atomic mass is 79.9. The van der Waals surface area contributed by atoms with Crippen LogP contribution in [0.4, 0.5) is 5.69 Å². The van der Waals surface area contributed by atoms with E-state index in [1.54, 1.807) is 0 Å². The molecule has 2 aliphatic carbocycles. The van der Waals surface area contributed by atoms with E-state index in [-0.39, 0.29) is 35.7 Å². The second-order valence-electron chi connectivity index (χ2n) is 6.83. The average molecular weight is 364 g/mol. The summed E-state index contributed by atoms with van der Waals surface area (Å²) in [5, 5.41) is 3.07. The lowest BCUT2D eigenvalue weighted by Gasteiger charge is -2.24. The largest absolute Gasteiger partial charge is 0.462 e. The number of carbonyl (C=O) groups excluding carboxylic acids is 2. The van der Waals surface area contributed by atoms with Gasteiger partial charge in [0.1, 0.15) is 6.10 Å². The summed E-state index contributed by atoms with van der Waals surface area (Å²) in [6, 6.07) is 3.98.